The summed E-state index contributed by atoms with van der Waals surface area (Å²) < 4.78 is 11.6. The van der Waals surface area contributed by atoms with Crippen LogP contribution in [-0.4, -0.2) is 41.3 Å². The van der Waals surface area contributed by atoms with Crippen LogP contribution in [0.25, 0.3) is 11.1 Å². The standard InChI is InChI=1S/C27H23ClN2O4/c28-21-9-5-18(6-10-21)26(32)19-7-11-22(12-8-19)33-17-25(31)30-15-13-20(14-16-30)27-29-23-3-1-2-4-24(23)34-27/h1-12,20H,13-17H2. The number of rotatable bonds is 6. The predicted octanol–water partition coefficient (Wildman–Crippen LogP) is 5.50. The minimum Gasteiger partial charge on any atom is -0.484 e. The maximum Gasteiger partial charge on any atom is 0.260 e. The van der Waals surface area contributed by atoms with Crippen LogP contribution in [-0.2, 0) is 4.79 Å². The van der Waals surface area contributed by atoms with E-state index in [1.807, 2.05) is 29.2 Å². The monoisotopic (exact) mass is 474 g/mol. The predicted molar refractivity (Wildman–Crippen MR) is 129 cm³/mol. The first-order chi connectivity index (χ1) is 16.6. The molecule has 34 heavy (non-hydrogen) atoms. The van der Waals surface area contributed by atoms with Crippen molar-refractivity contribution in [2.75, 3.05) is 19.7 Å². The van der Waals surface area contributed by atoms with Gasteiger partial charge in [-0.05, 0) is 73.5 Å². The molecule has 0 spiro atoms. The number of piperidine rings is 1. The second-order valence-electron chi connectivity index (χ2n) is 8.32. The first-order valence-corrected chi connectivity index (χ1v) is 11.6. The fraction of sp³-hybridized carbons (Fsp3) is 0.222. The van der Waals surface area contributed by atoms with Gasteiger partial charge < -0.3 is 14.1 Å². The fourth-order valence-corrected chi connectivity index (χ4v) is 4.27. The summed E-state index contributed by atoms with van der Waals surface area (Å²) >= 11 is 5.88. The van der Waals surface area contributed by atoms with Crippen LogP contribution in [0.15, 0.2) is 77.2 Å². The molecular formula is C27H23ClN2O4. The molecule has 4 aromatic rings. The van der Waals surface area contributed by atoms with Gasteiger partial charge in [0.15, 0.2) is 23.9 Å². The lowest BCUT2D eigenvalue weighted by Crippen LogP contribution is -2.40. The number of oxazole rings is 1. The van der Waals surface area contributed by atoms with Crippen LogP contribution in [0.4, 0.5) is 0 Å². The number of ketones is 1. The average molecular weight is 475 g/mol. The van der Waals surface area contributed by atoms with Crippen LogP contribution in [0.3, 0.4) is 0 Å². The Bertz CT molecular complexity index is 1270. The van der Waals surface area contributed by atoms with Crippen molar-refractivity contribution in [3.8, 4) is 5.75 Å². The minimum absolute atomic E-state index is 0.0436. The van der Waals surface area contributed by atoms with Gasteiger partial charge in [0.2, 0.25) is 0 Å². The van der Waals surface area contributed by atoms with E-state index < -0.39 is 0 Å². The summed E-state index contributed by atoms with van der Waals surface area (Å²) in [5.41, 5.74) is 2.77. The molecule has 0 bridgehead atoms. The molecular weight excluding hydrogens is 452 g/mol. The lowest BCUT2D eigenvalue weighted by Gasteiger charge is -2.30. The highest BCUT2D eigenvalue weighted by molar-refractivity contribution is 6.30. The van der Waals surface area contributed by atoms with Crippen molar-refractivity contribution in [3.63, 3.8) is 0 Å². The maximum absolute atomic E-state index is 12.6. The van der Waals surface area contributed by atoms with E-state index in [9.17, 15) is 9.59 Å². The van der Waals surface area contributed by atoms with E-state index in [4.69, 9.17) is 20.8 Å². The number of fused-ring (bicyclic) bond motifs is 1. The molecule has 2 heterocycles. The normalized spacial score (nSPS) is 14.3. The number of para-hydroxylation sites is 2. The fourth-order valence-electron chi connectivity index (χ4n) is 4.15. The molecule has 0 atom stereocenters. The highest BCUT2D eigenvalue weighted by atomic mass is 35.5. The largest absolute Gasteiger partial charge is 0.484 e. The Hall–Kier alpha value is -3.64. The molecule has 1 aliphatic rings. The van der Waals surface area contributed by atoms with E-state index in [2.05, 4.69) is 4.98 Å². The summed E-state index contributed by atoms with van der Waals surface area (Å²) in [6.45, 7) is 1.23. The second kappa shape index (κ2) is 9.69. The van der Waals surface area contributed by atoms with Gasteiger partial charge in [0.05, 0.1) is 0 Å². The maximum atomic E-state index is 12.6. The molecule has 0 unspecified atom stereocenters. The molecule has 0 aliphatic carbocycles. The van der Waals surface area contributed by atoms with Crippen molar-refractivity contribution in [1.29, 1.82) is 0 Å². The lowest BCUT2D eigenvalue weighted by atomic mass is 9.97. The van der Waals surface area contributed by atoms with Gasteiger partial charge >= 0.3 is 0 Å². The molecule has 1 aromatic heterocycles. The van der Waals surface area contributed by atoms with E-state index in [0.717, 1.165) is 29.8 Å². The third kappa shape index (κ3) is 4.82. The molecule has 0 radical (unpaired) electrons. The SMILES string of the molecule is O=C(c1ccc(Cl)cc1)c1ccc(OCC(=O)N2CCC(c3nc4ccccc4o3)CC2)cc1. The van der Waals surface area contributed by atoms with Crippen LogP contribution < -0.4 is 4.74 Å². The second-order valence-corrected chi connectivity index (χ2v) is 8.76. The molecule has 3 aromatic carbocycles. The van der Waals surface area contributed by atoms with Gasteiger partial charge in [0.1, 0.15) is 11.3 Å². The highest BCUT2D eigenvalue weighted by Gasteiger charge is 2.27. The molecule has 172 valence electrons. The van der Waals surface area contributed by atoms with Gasteiger partial charge in [-0.2, -0.15) is 0 Å². The molecule has 7 heteroatoms. The Morgan fingerprint density at radius 2 is 1.59 bits per heavy atom. The smallest absolute Gasteiger partial charge is 0.260 e. The molecule has 5 rings (SSSR count). The number of aromatic nitrogens is 1. The number of hydrogen-bond donors (Lipinski definition) is 0. The van der Waals surface area contributed by atoms with E-state index in [0.29, 0.717) is 35.0 Å². The van der Waals surface area contributed by atoms with E-state index in [-0.39, 0.29) is 24.2 Å². The lowest BCUT2D eigenvalue weighted by molar-refractivity contribution is -0.134. The van der Waals surface area contributed by atoms with E-state index in [1.54, 1.807) is 48.5 Å². The molecule has 1 amide bonds. The number of likely N-dealkylation sites (tertiary alicyclic amines) is 1. The summed E-state index contributed by atoms with van der Waals surface area (Å²) in [5.74, 6) is 1.35. The quantitative estimate of drug-likeness (QED) is 0.345. The zero-order valence-corrected chi connectivity index (χ0v) is 19.2. The summed E-state index contributed by atoms with van der Waals surface area (Å²) in [5, 5.41) is 0.584. The molecule has 1 saturated heterocycles. The number of halogens is 1. The minimum atomic E-state index is -0.0962. The molecule has 1 fully saturated rings. The van der Waals surface area contributed by atoms with Crippen molar-refractivity contribution in [2.24, 2.45) is 0 Å². The van der Waals surface area contributed by atoms with Gasteiger partial charge in [0.25, 0.3) is 5.91 Å². The average Bonchev–Trinajstić information content (AvgIpc) is 3.32. The Kier molecular flexibility index (Phi) is 6.32. The van der Waals surface area contributed by atoms with Gasteiger partial charge in [-0.25, -0.2) is 4.98 Å². The van der Waals surface area contributed by atoms with Gasteiger partial charge in [-0.1, -0.05) is 23.7 Å². The Balaban J connectivity index is 1.12. The zero-order chi connectivity index (χ0) is 23.5. The number of amides is 1. The topological polar surface area (TPSA) is 72.6 Å². The van der Waals surface area contributed by atoms with Crippen LogP contribution in [0.1, 0.15) is 40.6 Å². The van der Waals surface area contributed by atoms with Crippen molar-refractivity contribution >= 4 is 34.4 Å². The van der Waals surface area contributed by atoms with Crippen molar-refractivity contribution < 1.29 is 18.7 Å². The van der Waals surface area contributed by atoms with Crippen LogP contribution in [0.5, 0.6) is 5.75 Å². The first kappa shape index (κ1) is 22.2. The molecule has 0 saturated carbocycles. The summed E-state index contributed by atoms with van der Waals surface area (Å²) in [6, 6.07) is 21.3. The highest BCUT2D eigenvalue weighted by Crippen LogP contribution is 2.30. The number of ether oxygens (including phenoxy) is 1. The number of nitrogens with zero attached hydrogens (tertiary/aromatic N) is 2. The van der Waals surface area contributed by atoms with Crippen molar-refractivity contribution in [2.45, 2.75) is 18.8 Å². The van der Waals surface area contributed by atoms with E-state index >= 15 is 0 Å². The third-order valence-electron chi connectivity index (χ3n) is 6.09. The van der Waals surface area contributed by atoms with Gasteiger partial charge in [0, 0.05) is 35.2 Å². The summed E-state index contributed by atoms with van der Waals surface area (Å²) in [7, 11) is 0. The number of benzene rings is 3. The third-order valence-corrected chi connectivity index (χ3v) is 6.34. The van der Waals surface area contributed by atoms with E-state index in [1.165, 1.54) is 0 Å². The Morgan fingerprint density at radius 3 is 2.26 bits per heavy atom. The summed E-state index contributed by atoms with van der Waals surface area (Å²) in [4.78, 5) is 31.6. The summed E-state index contributed by atoms with van der Waals surface area (Å²) in [6.07, 6.45) is 1.61. The van der Waals surface area contributed by atoms with Gasteiger partial charge in [-0.3, -0.25) is 9.59 Å². The zero-order valence-electron chi connectivity index (χ0n) is 18.4. The van der Waals surface area contributed by atoms with Crippen LogP contribution in [0.2, 0.25) is 5.02 Å². The number of carbonyl (C=O) groups excluding carboxylic acids is 2. The number of hydrogen-bond acceptors (Lipinski definition) is 5. The first-order valence-electron chi connectivity index (χ1n) is 11.2. The molecule has 1 aliphatic heterocycles. The van der Waals surface area contributed by atoms with Crippen LogP contribution in [0, 0.1) is 0 Å². The van der Waals surface area contributed by atoms with Gasteiger partial charge in [-0.15, -0.1) is 0 Å². The van der Waals surface area contributed by atoms with Crippen molar-refractivity contribution in [1.82, 2.24) is 9.88 Å². The van der Waals surface area contributed by atoms with Crippen LogP contribution >= 0.6 is 11.6 Å². The Morgan fingerprint density at radius 1 is 0.941 bits per heavy atom. The van der Waals surface area contributed by atoms with Crippen molar-refractivity contribution in [3.05, 3.63) is 94.8 Å². The molecule has 0 N–H and O–H groups in total. The molecule has 6 nitrogen and oxygen atoms in total. The number of carbonyl (C=O) groups is 2. The Labute approximate surface area is 202 Å².